The minimum atomic E-state index is -0.236. The Morgan fingerprint density at radius 3 is 2.43 bits per heavy atom. The Morgan fingerprint density at radius 2 is 1.74 bits per heavy atom. The fourth-order valence-electron chi connectivity index (χ4n) is 4.25. The van der Waals surface area contributed by atoms with E-state index in [2.05, 4.69) is 15.3 Å². The highest BCUT2D eigenvalue weighted by Crippen LogP contribution is 2.49. The fraction of sp³-hybridized carbons (Fsp3) is 0.231. The molecule has 1 aliphatic rings. The number of methoxy groups -OCH3 is 2. The summed E-state index contributed by atoms with van der Waals surface area (Å²) in [7, 11) is 3.26. The second kappa shape index (κ2) is 9.42. The van der Waals surface area contributed by atoms with Gasteiger partial charge in [-0.2, -0.15) is 9.78 Å². The van der Waals surface area contributed by atoms with Gasteiger partial charge in [0.15, 0.2) is 0 Å². The molecule has 2 aromatic heterocycles. The number of ether oxygens (including phenoxy) is 2. The number of carbonyl (C=O) groups excluding carboxylic acids is 1. The predicted octanol–water partition coefficient (Wildman–Crippen LogP) is 4.74. The number of carbonyl (C=O) groups is 1. The van der Waals surface area contributed by atoms with Crippen molar-refractivity contribution in [1.82, 2.24) is 19.7 Å². The van der Waals surface area contributed by atoms with Crippen LogP contribution >= 0.6 is 11.8 Å². The van der Waals surface area contributed by atoms with E-state index in [-0.39, 0.29) is 16.9 Å². The Bertz CT molecular complexity index is 1380. The number of nitrogens with one attached hydrogen (secondary N) is 1. The van der Waals surface area contributed by atoms with Crippen LogP contribution in [0.15, 0.2) is 54.6 Å². The molecule has 0 fully saturated rings. The molecule has 35 heavy (non-hydrogen) atoms. The van der Waals surface area contributed by atoms with Crippen molar-refractivity contribution >= 4 is 23.5 Å². The molecule has 4 aromatic rings. The van der Waals surface area contributed by atoms with E-state index in [1.165, 1.54) is 11.8 Å². The second-order valence-corrected chi connectivity index (χ2v) is 9.28. The van der Waals surface area contributed by atoms with Crippen molar-refractivity contribution in [2.75, 3.05) is 25.3 Å². The quantitative estimate of drug-likeness (QED) is 0.435. The highest BCUT2D eigenvalue weighted by Gasteiger charge is 2.34. The maximum absolute atomic E-state index is 12.9. The highest BCUT2D eigenvalue weighted by atomic mass is 32.2. The average Bonchev–Trinajstić information content (AvgIpc) is 3.14. The summed E-state index contributed by atoms with van der Waals surface area (Å²) in [5, 5.41) is 7.79. The maximum Gasteiger partial charge on any atom is 0.252 e. The highest BCUT2D eigenvalue weighted by molar-refractivity contribution is 8.00. The van der Waals surface area contributed by atoms with Gasteiger partial charge in [-0.3, -0.25) is 4.79 Å². The summed E-state index contributed by atoms with van der Waals surface area (Å²) in [5.41, 5.74) is 5.12. The number of fused-ring (bicyclic) bond motifs is 1. The molecule has 0 bridgehead atoms. The molecule has 8 nitrogen and oxygen atoms in total. The van der Waals surface area contributed by atoms with Crippen LogP contribution in [0.25, 0.3) is 17.2 Å². The van der Waals surface area contributed by atoms with Crippen molar-refractivity contribution in [3.05, 3.63) is 77.1 Å². The molecule has 3 heterocycles. The van der Waals surface area contributed by atoms with E-state index in [0.717, 1.165) is 33.8 Å². The van der Waals surface area contributed by atoms with E-state index in [1.807, 2.05) is 68.4 Å². The number of benzene rings is 2. The van der Waals surface area contributed by atoms with Crippen molar-refractivity contribution in [3.8, 4) is 28.7 Å². The molecule has 0 spiro atoms. The van der Waals surface area contributed by atoms with E-state index in [4.69, 9.17) is 14.6 Å². The zero-order valence-electron chi connectivity index (χ0n) is 19.9. The standard InChI is InChI=1S/C26H25N5O3S/c1-15-12-16(2)28-26(27-15)31-25-22(23(30-31)17-8-6-5-7-9-17)24(35-14-21(32)29-25)19-11-10-18(33-3)13-20(19)34-4/h5-13,24H,14H2,1-4H3,(H,29,32). The van der Waals surface area contributed by atoms with Crippen molar-refractivity contribution in [3.63, 3.8) is 0 Å². The summed E-state index contributed by atoms with van der Waals surface area (Å²) >= 11 is 1.53. The first-order valence-corrected chi connectivity index (χ1v) is 12.2. The lowest BCUT2D eigenvalue weighted by atomic mass is 9.99. The van der Waals surface area contributed by atoms with Crippen LogP contribution in [0, 0.1) is 13.8 Å². The molecule has 5 rings (SSSR count). The number of hydrogen-bond acceptors (Lipinski definition) is 7. The van der Waals surface area contributed by atoms with Gasteiger partial charge in [-0.15, -0.1) is 11.8 Å². The van der Waals surface area contributed by atoms with E-state index in [0.29, 0.717) is 23.3 Å². The van der Waals surface area contributed by atoms with Crippen LogP contribution in [0.2, 0.25) is 0 Å². The summed E-state index contributed by atoms with van der Waals surface area (Å²) in [4.78, 5) is 22.1. The number of nitrogens with zero attached hydrogens (tertiary/aromatic N) is 4. The molecule has 9 heteroatoms. The molecule has 2 aromatic carbocycles. The number of thioether (sulfide) groups is 1. The first-order valence-electron chi connectivity index (χ1n) is 11.1. The summed E-state index contributed by atoms with van der Waals surface area (Å²) in [6.45, 7) is 3.83. The molecule has 0 aliphatic carbocycles. The number of aromatic nitrogens is 4. The third kappa shape index (κ3) is 4.35. The van der Waals surface area contributed by atoms with Gasteiger partial charge >= 0.3 is 0 Å². The summed E-state index contributed by atoms with van der Waals surface area (Å²) in [6.07, 6.45) is 0. The zero-order chi connectivity index (χ0) is 24.5. The van der Waals surface area contributed by atoms with Crippen LogP contribution in [0.4, 0.5) is 5.82 Å². The van der Waals surface area contributed by atoms with Crippen molar-refractivity contribution in [2.45, 2.75) is 19.1 Å². The van der Waals surface area contributed by atoms with E-state index >= 15 is 0 Å². The van der Waals surface area contributed by atoms with Crippen molar-refractivity contribution < 1.29 is 14.3 Å². The first-order chi connectivity index (χ1) is 17.0. The third-order valence-electron chi connectivity index (χ3n) is 5.75. The molecule has 0 saturated heterocycles. The molecular weight excluding hydrogens is 462 g/mol. The minimum absolute atomic E-state index is 0.114. The van der Waals surface area contributed by atoms with Gasteiger partial charge in [0, 0.05) is 34.1 Å². The van der Waals surface area contributed by atoms with Gasteiger partial charge in [-0.1, -0.05) is 36.4 Å². The predicted molar refractivity (Wildman–Crippen MR) is 137 cm³/mol. The van der Waals surface area contributed by atoms with Gasteiger partial charge in [-0.25, -0.2) is 9.97 Å². The van der Waals surface area contributed by atoms with E-state index in [1.54, 1.807) is 18.9 Å². The van der Waals surface area contributed by atoms with Crippen molar-refractivity contribution in [1.29, 1.82) is 0 Å². The molecule has 1 atom stereocenters. The molecule has 1 aliphatic heterocycles. The number of aryl methyl sites for hydroxylation is 2. The van der Waals surface area contributed by atoms with Crippen LogP contribution in [-0.2, 0) is 4.79 Å². The molecular formula is C26H25N5O3S. The van der Waals surface area contributed by atoms with Gasteiger partial charge in [0.1, 0.15) is 17.3 Å². The topological polar surface area (TPSA) is 91.2 Å². The number of anilines is 1. The van der Waals surface area contributed by atoms with Gasteiger partial charge < -0.3 is 14.8 Å². The Labute approximate surface area is 207 Å². The molecule has 1 N–H and O–H groups in total. The summed E-state index contributed by atoms with van der Waals surface area (Å²) < 4.78 is 12.8. The minimum Gasteiger partial charge on any atom is -0.497 e. The lowest BCUT2D eigenvalue weighted by Crippen LogP contribution is -2.17. The number of rotatable bonds is 5. The number of hydrogen-bond donors (Lipinski definition) is 1. The van der Waals surface area contributed by atoms with E-state index < -0.39 is 0 Å². The first kappa shape index (κ1) is 22.9. The second-order valence-electron chi connectivity index (χ2n) is 8.19. The van der Waals surface area contributed by atoms with Gasteiger partial charge in [0.2, 0.25) is 5.91 Å². The average molecular weight is 488 g/mol. The maximum atomic E-state index is 12.9. The lowest BCUT2D eigenvalue weighted by molar-refractivity contribution is -0.113. The Kier molecular flexibility index (Phi) is 6.17. The molecule has 178 valence electrons. The summed E-state index contributed by atoms with van der Waals surface area (Å²) in [6, 6.07) is 17.6. The van der Waals surface area contributed by atoms with Crippen molar-refractivity contribution in [2.24, 2.45) is 0 Å². The normalized spacial score (nSPS) is 15.2. The molecule has 1 amide bonds. The third-order valence-corrected chi connectivity index (χ3v) is 7.01. The Hall–Kier alpha value is -3.85. The van der Waals surface area contributed by atoms with Crippen LogP contribution in [0.3, 0.4) is 0 Å². The van der Waals surface area contributed by atoms with Gasteiger partial charge in [-0.05, 0) is 26.0 Å². The van der Waals surface area contributed by atoms with Crippen LogP contribution in [-0.4, -0.2) is 45.6 Å². The molecule has 0 radical (unpaired) electrons. The van der Waals surface area contributed by atoms with E-state index in [9.17, 15) is 4.79 Å². The Morgan fingerprint density at radius 1 is 1.00 bits per heavy atom. The van der Waals surface area contributed by atoms with Crippen LogP contribution in [0.1, 0.15) is 27.8 Å². The number of amides is 1. The SMILES string of the molecule is COc1ccc(C2SCC(=O)Nc3c2c(-c2ccccc2)nn3-c2nc(C)cc(C)n2)c(OC)c1. The molecule has 0 saturated carbocycles. The zero-order valence-corrected chi connectivity index (χ0v) is 20.7. The lowest BCUT2D eigenvalue weighted by Gasteiger charge is -2.19. The largest absolute Gasteiger partial charge is 0.497 e. The molecule has 1 unspecified atom stereocenters. The fourth-order valence-corrected chi connectivity index (χ4v) is 5.40. The van der Waals surface area contributed by atoms with Gasteiger partial charge in [0.25, 0.3) is 5.95 Å². The van der Waals surface area contributed by atoms with Gasteiger partial charge in [0.05, 0.1) is 30.9 Å². The summed E-state index contributed by atoms with van der Waals surface area (Å²) in [5.74, 6) is 2.51. The van der Waals surface area contributed by atoms with Crippen LogP contribution < -0.4 is 14.8 Å². The smallest absolute Gasteiger partial charge is 0.252 e. The Balaban J connectivity index is 1.80. The van der Waals surface area contributed by atoms with Crippen LogP contribution in [0.5, 0.6) is 11.5 Å². The monoisotopic (exact) mass is 487 g/mol.